The zero-order valence-corrected chi connectivity index (χ0v) is 20.7. The van der Waals surface area contributed by atoms with Gasteiger partial charge in [0.2, 0.25) is 0 Å². The predicted octanol–water partition coefficient (Wildman–Crippen LogP) is 5.57. The molecule has 29 heavy (non-hydrogen) atoms. The first-order chi connectivity index (χ1) is 13.5. The van der Waals surface area contributed by atoms with E-state index in [0.29, 0.717) is 11.5 Å². The Kier molecular flexibility index (Phi) is 6.97. The summed E-state index contributed by atoms with van der Waals surface area (Å²) < 4.78 is 2.10. The molecule has 2 fully saturated rings. The Hall–Kier alpha value is -0.710. The van der Waals surface area contributed by atoms with Crippen molar-refractivity contribution in [3.8, 4) is 0 Å². The van der Waals surface area contributed by atoms with Crippen LogP contribution in [0, 0.1) is 25.2 Å². The van der Waals surface area contributed by atoms with Gasteiger partial charge in [0.1, 0.15) is 0 Å². The lowest BCUT2D eigenvalue weighted by Gasteiger charge is -2.50. The summed E-state index contributed by atoms with van der Waals surface area (Å²) in [4.78, 5) is 5.43. The Labute approximate surface area is 185 Å². The highest BCUT2D eigenvalue weighted by molar-refractivity contribution is 7.77. The number of rotatable bonds is 5. The molecule has 1 heterocycles. The molecular weight excluding hydrogens is 374 g/mol. The van der Waals surface area contributed by atoms with Gasteiger partial charge >= 0.3 is 0 Å². The third-order valence-corrected chi connectivity index (χ3v) is 7.72. The molecule has 0 radical (unpaired) electrons. The van der Waals surface area contributed by atoms with E-state index in [4.69, 9.17) is 0 Å². The van der Waals surface area contributed by atoms with Crippen LogP contribution in [0.1, 0.15) is 64.5 Å². The first-order valence-electron chi connectivity index (χ1n) is 11.5. The summed E-state index contributed by atoms with van der Waals surface area (Å²) >= 11 is 4.48. The van der Waals surface area contributed by atoms with Crippen LogP contribution in [0.2, 0.25) is 0 Å². The molecule has 1 aromatic rings. The normalized spacial score (nSPS) is 27.4. The average Bonchev–Trinajstić information content (AvgIpc) is 2.54. The lowest BCUT2D eigenvalue weighted by molar-refractivity contribution is 0.102. The summed E-state index contributed by atoms with van der Waals surface area (Å²) in [7, 11) is 2.09. The number of benzene rings is 1. The van der Waals surface area contributed by atoms with Gasteiger partial charge in [0.25, 0.3) is 0 Å². The molecule has 0 unspecified atom stereocenters. The summed E-state index contributed by atoms with van der Waals surface area (Å²) in [5.41, 5.74) is 4.72. The molecule has 0 atom stereocenters. The van der Waals surface area contributed by atoms with E-state index in [1.807, 2.05) is 0 Å². The van der Waals surface area contributed by atoms with Crippen molar-refractivity contribution in [1.82, 2.24) is 9.21 Å². The summed E-state index contributed by atoms with van der Waals surface area (Å²) in [5, 5.41) is 0. The summed E-state index contributed by atoms with van der Waals surface area (Å²) in [6.45, 7) is 19.0. The van der Waals surface area contributed by atoms with Gasteiger partial charge in [-0.15, -0.1) is 0 Å². The first-order valence-corrected chi connectivity index (χ1v) is 11.9. The van der Waals surface area contributed by atoms with Crippen LogP contribution >= 0.6 is 12.8 Å². The van der Waals surface area contributed by atoms with Gasteiger partial charge in [-0.05, 0) is 95.5 Å². The van der Waals surface area contributed by atoms with Gasteiger partial charge in [0.15, 0.2) is 0 Å². The van der Waals surface area contributed by atoms with Crippen LogP contribution in [0.4, 0.5) is 5.69 Å². The Bertz CT molecular complexity index is 691. The van der Waals surface area contributed by atoms with E-state index in [-0.39, 0.29) is 5.54 Å². The molecular formula is C25H43N3S. The minimum atomic E-state index is 0.159. The van der Waals surface area contributed by atoms with Crippen molar-refractivity contribution in [2.45, 2.75) is 78.8 Å². The molecule has 1 saturated carbocycles. The van der Waals surface area contributed by atoms with E-state index >= 15 is 0 Å². The fourth-order valence-electron chi connectivity index (χ4n) is 5.82. The standard InChI is InChI=1S/C25H43N3S/c1-19-9-8-10-23(20(19)2)28-14-13-27(18-24(3,4)17-25(28,5)6)12-11-21-15-22(16-21)26(7)29/h8-10,21-22,29H,11-18H2,1-7H3. The van der Waals surface area contributed by atoms with Crippen molar-refractivity contribution in [3.05, 3.63) is 29.3 Å². The quantitative estimate of drug-likeness (QED) is 0.628. The van der Waals surface area contributed by atoms with E-state index in [1.54, 1.807) is 0 Å². The van der Waals surface area contributed by atoms with Crippen molar-refractivity contribution in [2.75, 3.05) is 38.1 Å². The molecule has 164 valence electrons. The second kappa shape index (κ2) is 8.80. The molecule has 3 nitrogen and oxygen atoms in total. The number of aryl methyl sites for hydroxylation is 1. The van der Waals surface area contributed by atoms with Crippen LogP contribution in [0.15, 0.2) is 18.2 Å². The first kappa shape index (κ1) is 23.0. The number of hydrogen-bond acceptors (Lipinski definition) is 4. The molecule has 0 spiro atoms. The van der Waals surface area contributed by atoms with Crippen LogP contribution in [0.25, 0.3) is 0 Å². The minimum Gasteiger partial charge on any atom is -0.365 e. The zero-order valence-electron chi connectivity index (χ0n) is 19.8. The molecule has 1 aromatic carbocycles. The maximum atomic E-state index is 4.48. The van der Waals surface area contributed by atoms with E-state index in [9.17, 15) is 0 Å². The van der Waals surface area contributed by atoms with Gasteiger partial charge in [0, 0.05) is 36.9 Å². The molecule has 0 bridgehead atoms. The van der Waals surface area contributed by atoms with Crippen LogP contribution in [0.5, 0.6) is 0 Å². The van der Waals surface area contributed by atoms with Crippen molar-refractivity contribution in [2.24, 2.45) is 11.3 Å². The lowest BCUT2D eigenvalue weighted by Crippen LogP contribution is -2.55. The van der Waals surface area contributed by atoms with Gasteiger partial charge < -0.3 is 9.80 Å². The highest BCUT2D eigenvalue weighted by atomic mass is 32.1. The van der Waals surface area contributed by atoms with Gasteiger partial charge in [-0.25, -0.2) is 0 Å². The van der Waals surface area contributed by atoms with E-state index in [0.717, 1.165) is 19.0 Å². The third-order valence-electron chi connectivity index (χ3n) is 7.39. The maximum Gasteiger partial charge on any atom is 0.0403 e. The van der Waals surface area contributed by atoms with Crippen molar-refractivity contribution < 1.29 is 0 Å². The van der Waals surface area contributed by atoms with Crippen LogP contribution in [-0.2, 0) is 0 Å². The molecule has 0 N–H and O–H groups in total. The summed E-state index contributed by atoms with van der Waals surface area (Å²) in [5.74, 6) is 0.884. The Morgan fingerprint density at radius 3 is 2.45 bits per heavy atom. The predicted molar refractivity (Wildman–Crippen MR) is 130 cm³/mol. The van der Waals surface area contributed by atoms with Gasteiger partial charge in [-0.3, -0.25) is 4.31 Å². The average molecular weight is 418 g/mol. The molecule has 0 amide bonds. The number of hydrogen-bond donors (Lipinski definition) is 1. The number of thiol groups is 1. The minimum absolute atomic E-state index is 0.159. The Morgan fingerprint density at radius 2 is 1.79 bits per heavy atom. The van der Waals surface area contributed by atoms with E-state index in [1.165, 1.54) is 55.6 Å². The molecule has 1 aliphatic carbocycles. The van der Waals surface area contributed by atoms with E-state index < -0.39 is 0 Å². The molecule has 1 saturated heterocycles. The second-order valence-corrected chi connectivity index (χ2v) is 11.8. The fourth-order valence-corrected chi connectivity index (χ4v) is 6.01. The second-order valence-electron chi connectivity index (χ2n) is 11.2. The lowest BCUT2D eigenvalue weighted by atomic mass is 9.76. The summed E-state index contributed by atoms with van der Waals surface area (Å²) in [6.07, 6.45) is 5.18. The van der Waals surface area contributed by atoms with Gasteiger partial charge in [0.05, 0.1) is 0 Å². The van der Waals surface area contributed by atoms with Crippen LogP contribution in [0.3, 0.4) is 0 Å². The van der Waals surface area contributed by atoms with Crippen molar-refractivity contribution in [3.63, 3.8) is 0 Å². The smallest absolute Gasteiger partial charge is 0.0403 e. The number of anilines is 1. The van der Waals surface area contributed by atoms with Crippen molar-refractivity contribution in [1.29, 1.82) is 0 Å². The molecule has 2 aliphatic rings. The van der Waals surface area contributed by atoms with Crippen LogP contribution < -0.4 is 4.90 Å². The number of nitrogens with zero attached hydrogens (tertiary/aromatic N) is 3. The molecule has 4 heteroatoms. The zero-order chi connectivity index (χ0) is 21.4. The topological polar surface area (TPSA) is 9.72 Å². The Morgan fingerprint density at radius 1 is 1.10 bits per heavy atom. The van der Waals surface area contributed by atoms with Gasteiger partial charge in [-0.2, -0.15) is 0 Å². The third kappa shape index (κ3) is 5.51. The maximum absolute atomic E-state index is 4.48. The SMILES string of the molecule is Cc1cccc(N2CCN(CCC3CC(N(C)S)C3)CC(C)(C)CC2(C)C)c1C. The van der Waals surface area contributed by atoms with Crippen molar-refractivity contribution >= 4 is 18.5 Å². The van der Waals surface area contributed by atoms with Gasteiger partial charge in [-0.1, -0.05) is 38.8 Å². The van der Waals surface area contributed by atoms with Crippen LogP contribution in [-0.4, -0.2) is 54.0 Å². The molecule has 0 aromatic heterocycles. The summed E-state index contributed by atoms with van der Waals surface area (Å²) in [6, 6.07) is 7.47. The van der Waals surface area contributed by atoms with E-state index in [2.05, 4.69) is 93.7 Å². The fraction of sp³-hybridized carbons (Fsp3) is 0.760. The largest absolute Gasteiger partial charge is 0.365 e. The molecule has 1 aliphatic heterocycles. The monoisotopic (exact) mass is 417 g/mol. The Balaban J connectivity index is 1.70. The molecule has 3 rings (SSSR count). The highest BCUT2D eigenvalue weighted by Crippen LogP contribution is 2.39. The highest BCUT2D eigenvalue weighted by Gasteiger charge is 2.38.